The van der Waals surface area contributed by atoms with Crippen LogP contribution in [0.2, 0.25) is 0 Å². The van der Waals surface area contributed by atoms with Crippen LogP contribution in [0, 0.1) is 0 Å². The number of ether oxygens (including phenoxy) is 5. The summed E-state index contributed by atoms with van der Waals surface area (Å²) in [5, 5.41) is 60.9. The van der Waals surface area contributed by atoms with E-state index < -0.39 is 74.1 Å². The van der Waals surface area contributed by atoms with Gasteiger partial charge >= 0.3 is 5.63 Å². The fourth-order valence-electron chi connectivity index (χ4n) is 3.81. The monoisotopic (exact) mass is 486 g/mol. The van der Waals surface area contributed by atoms with Crippen molar-refractivity contribution in [3.63, 3.8) is 0 Å². The molecule has 2 saturated heterocycles. The Kier molecular flexibility index (Phi) is 7.09. The predicted molar refractivity (Wildman–Crippen MR) is 110 cm³/mol. The number of aliphatic hydroxyl groups excluding tert-OH is 5. The van der Waals surface area contributed by atoms with Crippen LogP contribution < -0.4 is 15.1 Å². The number of methoxy groups -OCH3 is 1. The Labute approximate surface area is 192 Å². The molecule has 8 atom stereocenters. The van der Waals surface area contributed by atoms with E-state index in [1.54, 1.807) is 0 Å². The highest BCUT2D eigenvalue weighted by atomic mass is 16.8. The van der Waals surface area contributed by atoms with E-state index in [-0.39, 0.29) is 17.1 Å². The molecule has 0 bridgehead atoms. The summed E-state index contributed by atoms with van der Waals surface area (Å²) >= 11 is 0. The molecule has 0 amide bonds. The quantitative estimate of drug-likeness (QED) is 0.224. The van der Waals surface area contributed by atoms with Crippen LogP contribution in [0.25, 0.3) is 11.0 Å². The van der Waals surface area contributed by atoms with Gasteiger partial charge in [-0.3, -0.25) is 0 Å². The van der Waals surface area contributed by atoms with Gasteiger partial charge in [0.25, 0.3) is 0 Å². The second kappa shape index (κ2) is 9.73. The van der Waals surface area contributed by atoms with Gasteiger partial charge < -0.3 is 58.7 Å². The molecule has 3 heterocycles. The van der Waals surface area contributed by atoms with E-state index in [4.69, 9.17) is 28.1 Å². The molecule has 13 heteroatoms. The van der Waals surface area contributed by atoms with Crippen LogP contribution in [0.5, 0.6) is 11.5 Å². The molecule has 0 saturated carbocycles. The van der Waals surface area contributed by atoms with Crippen molar-refractivity contribution < 1.29 is 58.7 Å². The van der Waals surface area contributed by atoms with Gasteiger partial charge in [0.2, 0.25) is 6.29 Å². The molecule has 1 aromatic carbocycles. The van der Waals surface area contributed by atoms with Crippen molar-refractivity contribution in [2.45, 2.75) is 48.7 Å². The summed E-state index contributed by atoms with van der Waals surface area (Å²) in [5.74, 6) is 0.222. The number of aliphatic hydroxyl groups is 6. The Morgan fingerprint density at radius 2 is 1.85 bits per heavy atom. The van der Waals surface area contributed by atoms with Crippen molar-refractivity contribution in [2.24, 2.45) is 0 Å². The van der Waals surface area contributed by atoms with Crippen LogP contribution in [0.15, 0.2) is 33.5 Å². The fraction of sp³-hybridized carbons (Fsp3) is 0.571. The van der Waals surface area contributed by atoms with Crippen molar-refractivity contribution in [2.75, 3.05) is 26.9 Å². The molecule has 13 nitrogen and oxygen atoms in total. The van der Waals surface area contributed by atoms with Crippen molar-refractivity contribution in [1.82, 2.24) is 0 Å². The van der Waals surface area contributed by atoms with Crippen LogP contribution in [0.3, 0.4) is 0 Å². The predicted octanol–water partition coefficient (Wildman–Crippen LogP) is -2.55. The maximum absolute atomic E-state index is 11.6. The van der Waals surface area contributed by atoms with E-state index in [9.17, 15) is 35.4 Å². The first-order valence-electron chi connectivity index (χ1n) is 10.4. The number of hydrogen-bond acceptors (Lipinski definition) is 13. The highest BCUT2D eigenvalue weighted by Gasteiger charge is 2.53. The summed E-state index contributed by atoms with van der Waals surface area (Å²) < 4.78 is 32.7. The summed E-state index contributed by atoms with van der Waals surface area (Å²) in [7, 11) is 1.37. The Morgan fingerprint density at radius 1 is 1.09 bits per heavy atom. The normalized spacial score (nSPS) is 36.0. The number of fused-ring (bicyclic) bond motifs is 1. The molecule has 34 heavy (non-hydrogen) atoms. The molecule has 2 aliphatic rings. The maximum Gasteiger partial charge on any atom is 0.336 e. The second-order valence-corrected chi connectivity index (χ2v) is 8.11. The highest BCUT2D eigenvalue weighted by Crippen LogP contribution is 2.36. The lowest BCUT2D eigenvalue weighted by Gasteiger charge is -2.42. The SMILES string of the molecule is COc1cc2ccc(=O)oc2cc1OC1OC(CO)C(O)C(O)C1OC1OCC(O)(CO)C1O. The number of hydrogen-bond donors (Lipinski definition) is 6. The zero-order valence-electron chi connectivity index (χ0n) is 18.0. The third-order valence-corrected chi connectivity index (χ3v) is 5.84. The minimum Gasteiger partial charge on any atom is -0.493 e. The molecule has 0 spiro atoms. The number of benzene rings is 1. The van der Waals surface area contributed by atoms with E-state index in [1.165, 1.54) is 31.4 Å². The summed E-state index contributed by atoms with van der Waals surface area (Å²) in [6, 6.07) is 5.65. The number of rotatable bonds is 7. The van der Waals surface area contributed by atoms with Gasteiger partial charge in [0, 0.05) is 17.5 Å². The van der Waals surface area contributed by atoms with Gasteiger partial charge in [0.1, 0.15) is 35.6 Å². The van der Waals surface area contributed by atoms with Gasteiger partial charge in [-0.25, -0.2) is 4.79 Å². The van der Waals surface area contributed by atoms with Crippen molar-refractivity contribution in [3.05, 3.63) is 34.7 Å². The molecule has 6 N–H and O–H groups in total. The molecule has 8 unspecified atom stereocenters. The zero-order chi connectivity index (χ0) is 24.6. The first kappa shape index (κ1) is 24.8. The van der Waals surface area contributed by atoms with Gasteiger partial charge in [0.05, 0.1) is 26.9 Å². The highest BCUT2D eigenvalue weighted by molar-refractivity contribution is 5.80. The second-order valence-electron chi connectivity index (χ2n) is 8.11. The molecule has 0 radical (unpaired) electrons. The van der Waals surface area contributed by atoms with Crippen LogP contribution in [0.4, 0.5) is 0 Å². The Morgan fingerprint density at radius 3 is 2.50 bits per heavy atom. The van der Waals surface area contributed by atoms with E-state index in [1.807, 2.05) is 0 Å². The van der Waals surface area contributed by atoms with Gasteiger partial charge in [0.15, 0.2) is 23.9 Å². The minimum absolute atomic E-state index is 0.0166. The minimum atomic E-state index is -1.99. The molecule has 2 aliphatic heterocycles. The van der Waals surface area contributed by atoms with Gasteiger partial charge in [-0.15, -0.1) is 0 Å². The molecule has 188 valence electrons. The van der Waals surface area contributed by atoms with E-state index >= 15 is 0 Å². The van der Waals surface area contributed by atoms with Gasteiger partial charge in [-0.2, -0.15) is 0 Å². The van der Waals surface area contributed by atoms with E-state index in [2.05, 4.69) is 0 Å². The van der Waals surface area contributed by atoms with Crippen LogP contribution in [-0.2, 0) is 14.2 Å². The topological polar surface area (TPSA) is 198 Å². The summed E-state index contributed by atoms with van der Waals surface area (Å²) in [6.45, 7) is -1.93. The van der Waals surface area contributed by atoms with Crippen molar-refractivity contribution in [1.29, 1.82) is 0 Å². The smallest absolute Gasteiger partial charge is 0.336 e. The Hall–Kier alpha value is -2.33. The molecule has 0 aliphatic carbocycles. The lowest BCUT2D eigenvalue weighted by atomic mass is 9.98. The van der Waals surface area contributed by atoms with E-state index in [0.29, 0.717) is 5.39 Å². The third kappa shape index (κ3) is 4.49. The first-order valence-corrected chi connectivity index (χ1v) is 10.4. The van der Waals surface area contributed by atoms with Crippen LogP contribution in [-0.4, -0.2) is 106 Å². The standard InChI is InChI=1S/C21H26O13/c1-29-11-4-9-2-3-14(24)31-10(9)5-12(11)32-19-17(16(26)15(25)13(6-22)33-19)34-20-18(27)21(28,7-23)8-30-20/h2-5,13,15-20,22-23,25-28H,6-8H2,1H3. The van der Waals surface area contributed by atoms with Gasteiger partial charge in [-0.05, 0) is 12.1 Å². The van der Waals surface area contributed by atoms with Crippen LogP contribution in [0.1, 0.15) is 0 Å². The molecular weight excluding hydrogens is 460 g/mol. The van der Waals surface area contributed by atoms with Gasteiger partial charge in [-0.1, -0.05) is 0 Å². The van der Waals surface area contributed by atoms with Crippen LogP contribution >= 0.6 is 0 Å². The summed E-state index contributed by atoms with van der Waals surface area (Å²) in [5.41, 5.74) is -2.42. The molecule has 1 aromatic heterocycles. The zero-order valence-corrected chi connectivity index (χ0v) is 18.0. The Bertz CT molecular complexity index is 1060. The molecular formula is C21H26O13. The van der Waals surface area contributed by atoms with E-state index in [0.717, 1.165) is 0 Å². The largest absolute Gasteiger partial charge is 0.493 e. The molecule has 2 aromatic rings. The molecule has 2 fully saturated rings. The molecule has 4 rings (SSSR count). The summed E-state index contributed by atoms with van der Waals surface area (Å²) in [4.78, 5) is 11.6. The third-order valence-electron chi connectivity index (χ3n) is 5.84. The first-order chi connectivity index (χ1) is 16.2. The summed E-state index contributed by atoms with van der Waals surface area (Å²) in [6.07, 6.45) is -10.7. The fourth-order valence-corrected chi connectivity index (χ4v) is 3.81. The Balaban J connectivity index is 1.65. The van der Waals surface area contributed by atoms with Crippen molar-refractivity contribution in [3.8, 4) is 11.5 Å². The average molecular weight is 486 g/mol. The van der Waals surface area contributed by atoms with Crippen molar-refractivity contribution >= 4 is 11.0 Å². The lowest BCUT2D eigenvalue weighted by Crippen LogP contribution is -2.62. The lowest BCUT2D eigenvalue weighted by molar-refractivity contribution is -0.319. The average Bonchev–Trinajstić information content (AvgIpc) is 3.12. The maximum atomic E-state index is 11.6.